The van der Waals surface area contributed by atoms with E-state index in [0.29, 0.717) is 137 Å². The normalized spacial score (nSPS) is 14.0. The lowest BCUT2D eigenvalue weighted by Crippen LogP contribution is -2.38. The van der Waals surface area contributed by atoms with Gasteiger partial charge in [-0.15, -0.1) is 0 Å². The van der Waals surface area contributed by atoms with E-state index in [1.807, 2.05) is 119 Å². The molecule has 0 radical (unpaired) electrons. The number of amides is 6. The van der Waals surface area contributed by atoms with E-state index in [1.54, 1.807) is 78.5 Å². The van der Waals surface area contributed by atoms with Crippen LogP contribution in [0.4, 0.5) is 34.9 Å². The Kier molecular flexibility index (Phi) is 24.7. The number of nitriles is 3. The van der Waals surface area contributed by atoms with Gasteiger partial charge < -0.3 is 46.6 Å². The first-order chi connectivity index (χ1) is 50.1. The van der Waals surface area contributed by atoms with Gasteiger partial charge in [0.1, 0.15) is 34.7 Å². The van der Waals surface area contributed by atoms with Crippen LogP contribution < -0.4 is 31.9 Å². The Hall–Kier alpha value is -12.6. The molecular weight excluding hydrogens is 1310 g/mol. The molecule has 9 heterocycles. The van der Waals surface area contributed by atoms with Crippen LogP contribution >= 0.6 is 0 Å². The second-order valence-electron chi connectivity index (χ2n) is 26.7. The fourth-order valence-corrected chi connectivity index (χ4v) is 12.4. The second kappa shape index (κ2) is 34.7. The Morgan fingerprint density at radius 3 is 1.15 bits per heavy atom. The summed E-state index contributed by atoms with van der Waals surface area (Å²) >= 11 is 0. The summed E-state index contributed by atoms with van der Waals surface area (Å²) in [4.78, 5) is 95.1. The van der Waals surface area contributed by atoms with E-state index in [0.717, 1.165) is 38.5 Å². The molecule has 0 bridgehead atoms. The lowest BCUT2D eigenvalue weighted by atomic mass is 9.89. The Balaban J connectivity index is 0.000000167. The number of benzene rings is 3. The van der Waals surface area contributed by atoms with Gasteiger partial charge in [0.2, 0.25) is 0 Å². The van der Waals surface area contributed by atoms with Gasteiger partial charge in [0.15, 0.2) is 17.3 Å². The average Bonchev–Trinajstić information content (AvgIpc) is 1.62. The number of nitrogens with one attached hydrogen (secondary N) is 7. The molecule has 534 valence electrons. The number of rotatable bonds is 18. The highest BCUT2D eigenvalue weighted by Gasteiger charge is 2.30. The largest absolute Gasteiger partial charge is 0.368 e. The molecule has 6 aromatic heterocycles. The predicted octanol–water partition coefficient (Wildman–Crippen LogP) is 11.3. The van der Waals surface area contributed by atoms with Gasteiger partial charge in [-0.05, 0) is 187 Å². The van der Waals surface area contributed by atoms with E-state index in [9.17, 15) is 28.8 Å². The molecule has 27 nitrogen and oxygen atoms in total. The summed E-state index contributed by atoms with van der Waals surface area (Å²) in [6.07, 6.45) is 9.63. The molecule has 9 aromatic rings. The van der Waals surface area contributed by atoms with Crippen LogP contribution in [0, 0.1) is 34.0 Å². The maximum atomic E-state index is 13.1. The summed E-state index contributed by atoms with van der Waals surface area (Å²) in [6, 6.07) is 45.3. The van der Waals surface area contributed by atoms with E-state index in [2.05, 4.69) is 85.5 Å². The van der Waals surface area contributed by atoms with Gasteiger partial charge in [-0.1, -0.05) is 36.4 Å². The summed E-state index contributed by atoms with van der Waals surface area (Å²) in [5, 5.41) is 60.1. The first-order valence-electron chi connectivity index (χ1n) is 34.7. The lowest BCUT2D eigenvalue weighted by Gasteiger charge is -2.32. The Morgan fingerprint density at radius 1 is 0.423 bits per heavy atom. The summed E-state index contributed by atoms with van der Waals surface area (Å²) in [5.41, 5.74) is 7.81. The third kappa shape index (κ3) is 19.7. The second-order valence-corrected chi connectivity index (χ2v) is 26.7. The monoisotopic (exact) mass is 1400 g/mol. The number of aromatic amines is 1. The highest BCUT2D eigenvalue weighted by molar-refractivity contribution is 6.06. The Morgan fingerprint density at radius 2 is 0.788 bits per heavy atom. The van der Waals surface area contributed by atoms with E-state index >= 15 is 0 Å². The van der Waals surface area contributed by atoms with Crippen LogP contribution in [0.25, 0.3) is 0 Å². The number of nitrogens with zero attached hydrogens (tertiary/aromatic N) is 14. The average molecular weight is 1400 g/mol. The molecule has 0 atom stereocenters. The highest BCUT2D eigenvalue weighted by atomic mass is 16.2. The number of aryl methyl sites for hydroxylation is 2. The zero-order valence-corrected chi connectivity index (χ0v) is 59.5. The molecule has 3 saturated heterocycles. The van der Waals surface area contributed by atoms with Gasteiger partial charge in [-0.2, -0.15) is 31.1 Å². The van der Waals surface area contributed by atoms with E-state index < -0.39 is 0 Å². The molecule has 0 spiro atoms. The molecule has 0 unspecified atom stereocenters. The number of pyridine rings is 3. The maximum absolute atomic E-state index is 13.1. The number of carbonyl (C=O) groups excluding carboxylic acids is 6. The van der Waals surface area contributed by atoms with Gasteiger partial charge in [0, 0.05) is 108 Å². The van der Waals surface area contributed by atoms with Crippen molar-refractivity contribution in [2.24, 2.45) is 14.1 Å². The Labute approximate surface area is 604 Å². The number of hydrogen-bond acceptors (Lipinski definition) is 18. The molecule has 3 aliphatic rings. The van der Waals surface area contributed by atoms with Gasteiger partial charge in [-0.25, -0.2) is 15.0 Å². The SMILES string of the molecule is CC(C)Nc1ccc(C(=O)Nc2cc(C(=O)N3CCC(c4ccc(C#N)cc4)CC3)[nH]n2)cn1.CC(C)Nc1ccc(C(=O)Nc2cc(C(=O)N3CCC(c4ccc(C#N)cc4)CC3)n(C)n2)cn1.CC(C)Nc1ccc(C(=O)Nc2cc(C(=O)N3CCC(c4ccc(C#N)cc4)CC3)nn2C)cn1. The molecular formula is C77H85N21O6. The molecule has 27 heteroatoms. The minimum absolute atomic E-state index is 0.107. The van der Waals surface area contributed by atoms with Crippen molar-refractivity contribution in [2.75, 3.05) is 71.2 Å². The van der Waals surface area contributed by atoms with Gasteiger partial charge in [0.05, 0.1) is 51.6 Å². The van der Waals surface area contributed by atoms with E-state index in [1.165, 1.54) is 44.6 Å². The molecule has 3 aromatic carbocycles. The summed E-state index contributed by atoms with van der Waals surface area (Å²) < 4.78 is 3.00. The maximum Gasteiger partial charge on any atom is 0.274 e. The topological polar surface area (TPSA) is 359 Å². The number of aromatic nitrogens is 9. The minimum atomic E-state index is -0.350. The molecule has 0 aliphatic carbocycles. The van der Waals surface area contributed by atoms with Crippen molar-refractivity contribution in [3.8, 4) is 18.2 Å². The van der Waals surface area contributed by atoms with Crippen LogP contribution in [-0.2, 0) is 14.1 Å². The quantitative estimate of drug-likeness (QED) is 0.0419. The minimum Gasteiger partial charge on any atom is -0.368 e. The van der Waals surface area contributed by atoms with Crippen molar-refractivity contribution in [3.05, 3.63) is 213 Å². The zero-order valence-electron chi connectivity index (χ0n) is 59.5. The van der Waals surface area contributed by atoms with Crippen LogP contribution in [0.15, 0.2) is 146 Å². The van der Waals surface area contributed by atoms with E-state index in [-0.39, 0.29) is 59.4 Å². The number of carbonyl (C=O) groups is 6. The van der Waals surface area contributed by atoms with Crippen molar-refractivity contribution in [1.29, 1.82) is 15.8 Å². The molecule has 12 rings (SSSR count). The fourth-order valence-electron chi connectivity index (χ4n) is 12.4. The molecule has 3 fully saturated rings. The predicted molar refractivity (Wildman–Crippen MR) is 395 cm³/mol. The zero-order chi connectivity index (χ0) is 74.0. The molecule has 104 heavy (non-hydrogen) atoms. The van der Waals surface area contributed by atoms with Gasteiger partial charge >= 0.3 is 0 Å². The number of hydrogen-bond donors (Lipinski definition) is 7. The van der Waals surface area contributed by atoms with Crippen molar-refractivity contribution < 1.29 is 28.8 Å². The summed E-state index contributed by atoms with van der Waals surface area (Å²) in [6.45, 7) is 15.9. The van der Waals surface area contributed by atoms with Crippen LogP contribution in [0.2, 0.25) is 0 Å². The Bertz CT molecular complexity index is 4580. The van der Waals surface area contributed by atoms with Crippen LogP contribution in [0.1, 0.15) is 194 Å². The first kappa shape index (κ1) is 74.1. The number of likely N-dealkylation sites (tertiary alicyclic amines) is 3. The van der Waals surface area contributed by atoms with E-state index in [4.69, 9.17) is 15.8 Å². The third-order valence-electron chi connectivity index (χ3n) is 18.0. The summed E-state index contributed by atoms with van der Waals surface area (Å²) in [7, 11) is 3.39. The number of piperidine rings is 3. The third-order valence-corrected chi connectivity index (χ3v) is 18.0. The smallest absolute Gasteiger partial charge is 0.274 e. The van der Waals surface area contributed by atoms with Crippen molar-refractivity contribution in [1.82, 2.24) is 59.4 Å². The van der Waals surface area contributed by atoms with Crippen molar-refractivity contribution in [3.63, 3.8) is 0 Å². The van der Waals surface area contributed by atoms with Gasteiger partial charge in [0.25, 0.3) is 35.4 Å². The lowest BCUT2D eigenvalue weighted by molar-refractivity contribution is 0.0695. The molecule has 3 aliphatic heterocycles. The molecule has 0 saturated carbocycles. The van der Waals surface area contributed by atoms with Crippen molar-refractivity contribution in [2.45, 2.75) is 116 Å². The van der Waals surface area contributed by atoms with Crippen LogP contribution in [0.5, 0.6) is 0 Å². The fraction of sp³-hybridized carbons (Fsp3) is 0.338. The summed E-state index contributed by atoms with van der Waals surface area (Å²) in [5.74, 6) is 2.82. The molecule has 7 N–H and O–H groups in total. The number of anilines is 6. The number of H-pyrrole nitrogens is 1. The van der Waals surface area contributed by atoms with Crippen molar-refractivity contribution >= 4 is 70.4 Å². The first-order valence-corrected chi connectivity index (χ1v) is 34.7. The van der Waals surface area contributed by atoms with Crippen LogP contribution in [0.3, 0.4) is 0 Å². The van der Waals surface area contributed by atoms with Gasteiger partial charge in [-0.3, -0.25) is 43.2 Å². The standard InChI is InChI=1S/2C26H29N7O2.C25H27N7O2/c1-17(2)29-23-9-8-21(16-28-23)25(34)30-24-14-22(32(3)31-24)26(35)33-12-10-20(11-13-33)19-6-4-18(15-27)5-7-19;1-17(2)29-23-9-8-21(16-28-23)25(34)30-24-14-22(31-32(24)3)26(35)33-12-10-20(11-13-33)19-6-4-18(15-27)5-7-19;1-16(2)28-22-8-7-20(15-27-22)24(33)29-23-13-21(30-31-23)25(34)32-11-9-19(10-12-32)18-5-3-17(14-26)4-6-18/h4-9,14,16-17,20H,10-13H2,1-3H3,(H,28,29)(H,30,31,34);4-9,14,16-17,20H,10-13H2,1-3H3,(H,28,29)(H,30,34);3-8,13,15-16,19H,9-12H2,1-2H3,(H,27,28)(H2,29,30,31,33). The molecule has 6 amide bonds. The highest BCUT2D eigenvalue weighted by Crippen LogP contribution is 2.33. The van der Waals surface area contributed by atoms with Crippen LogP contribution in [-0.4, -0.2) is 152 Å².